The molecular weight excluding hydrogens is 596 g/mol. The Labute approximate surface area is 247 Å². The first-order chi connectivity index (χ1) is 20.9. The molecule has 17 nitrogen and oxygen atoms in total. The quantitative estimate of drug-likeness (QED) is 0.133. The molecule has 0 aromatic heterocycles. The van der Waals surface area contributed by atoms with E-state index in [2.05, 4.69) is 0 Å². The Kier molecular flexibility index (Phi) is 9.17. The van der Waals surface area contributed by atoms with Crippen LogP contribution < -0.4 is 9.47 Å². The van der Waals surface area contributed by atoms with Gasteiger partial charge in [-0.2, -0.15) is 0 Å². The minimum Gasteiger partial charge on any atom is -0.507 e. The summed E-state index contributed by atoms with van der Waals surface area (Å²) in [5.74, 6) is -3.33. The van der Waals surface area contributed by atoms with Gasteiger partial charge in [0.15, 0.2) is 30.0 Å². The minimum absolute atomic E-state index is 0.0497. The van der Waals surface area contributed by atoms with Crippen LogP contribution >= 0.6 is 0 Å². The maximum atomic E-state index is 13.8. The highest BCUT2D eigenvalue weighted by molar-refractivity contribution is 6.05. The van der Waals surface area contributed by atoms with Crippen LogP contribution in [0.2, 0.25) is 0 Å². The van der Waals surface area contributed by atoms with Crippen molar-refractivity contribution in [3.63, 3.8) is 0 Å². The van der Waals surface area contributed by atoms with E-state index in [-0.39, 0.29) is 17.1 Å². The number of hydrogen-bond acceptors (Lipinski definition) is 17. The van der Waals surface area contributed by atoms with Gasteiger partial charge < -0.3 is 79.9 Å². The van der Waals surface area contributed by atoms with Crippen molar-refractivity contribution in [3.05, 3.63) is 41.5 Å². The van der Waals surface area contributed by atoms with Gasteiger partial charge in [-0.15, -0.1) is 0 Å². The Morgan fingerprint density at radius 2 is 1.27 bits per heavy atom. The predicted molar refractivity (Wildman–Crippen MR) is 139 cm³/mol. The van der Waals surface area contributed by atoms with Crippen molar-refractivity contribution in [1.82, 2.24) is 0 Å². The van der Waals surface area contributed by atoms with Crippen LogP contribution in [0, 0.1) is 0 Å². The Morgan fingerprint density at radius 3 is 1.86 bits per heavy atom. The first kappa shape index (κ1) is 32.1. The van der Waals surface area contributed by atoms with Crippen molar-refractivity contribution in [3.8, 4) is 28.7 Å². The molecule has 5 rings (SSSR count). The SMILES string of the molecule is O=C1c2c(O)cc(O[C@@H]3O[C@H](CO)[C@@H](O)[C@H](O)[C@H]3O)cc2O[C@H](c2ccc(O)c(O)c2)[C@H]1O[C@@H]1O[C@H](CO)[C@@H](O)[C@H](O)[C@H]1O. The van der Waals surface area contributed by atoms with Crippen molar-refractivity contribution >= 4 is 5.78 Å². The van der Waals surface area contributed by atoms with Crippen molar-refractivity contribution in [1.29, 1.82) is 0 Å². The molecule has 17 heteroatoms. The molecule has 11 N–H and O–H groups in total. The molecule has 242 valence electrons. The molecule has 2 aromatic carbocycles. The van der Waals surface area contributed by atoms with E-state index in [9.17, 15) is 61.0 Å². The van der Waals surface area contributed by atoms with Gasteiger partial charge in [-0.05, 0) is 17.7 Å². The number of fused-ring (bicyclic) bond motifs is 1. The number of carbonyl (C=O) groups excluding carboxylic acids is 1. The second-order valence-electron chi connectivity index (χ2n) is 10.5. The Balaban J connectivity index is 1.49. The molecule has 0 spiro atoms. The number of hydrogen-bond donors (Lipinski definition) is 11. The molecule has 0 amide bonds. The van der Waals surface area contributed by atoms with E-state index in [4.69, 9.17) is 23.7 Å². The molecule has 0 radical (unpaired) electrons. The highest BCUT2D eigenvalue weighted by Crippen LogP contribution is 2.45. The van der Waals surface area contributed by atoms with Gasteiger partial charge >= 0.3 is 0 Å². The molecule has 3 aliphatic heterocycles. The third kappa shape index (κ3) is 5.75. The van der Waals surface area contributed by atoms with Gasteiger partial charge in [0.2, 0.25) is 12.1 Å². The number of phenolic OH excluding ortho intramolecular Hbond substituents is 3. The highest BCUT2D eigenvalue weighted by atomic mass is 16.7. The lowest BCUT2D eigenvalue weighted by molar-refractivity contribution is -0.311. The zero-order chi connectivity index (χ0) is 32.0. The van der Waals surface area contributed by atoms with E-state index in [0.717, 1.165) is 24.3 Å². The van der Waals surface area contributed by atoms with Crippen LogP contribution in [0.4, 0.5) is 0 Å². The molecule has 2 aromatic rings. The minimum atomic E-state index is -1.90. The van der Waals surface area contributed by atoms with Gasteiger partial charge in [0, 0.05) is 12.1 Å². The number of Topliss-reactive ketones (excluding diaryl/α,β-unsaturated/α-hetero) is 1. The summed E-state index contributed by atoms with van der Waals surface area (Å²) in [6.45, 7) is -1.51. The smallest absolute Gasteiger partial charge is 0.229 e. The Morgan fingerprint density at radius 1 is 0.682 bits per heavy atom. The average Bonchev–Trinajstić information content (AvgIpc) is 2.99. The van der Waals surface area contributed by atoms with E-state index in [1.54, 1.807) is 0 Å². The van der Waals surface area contributed by atoms with E-state index >= 15 is 0 Å². The fraction of sp³-hybridized carbons (Fsp3) is 0.519. The lowest BCUT2D eigenvalue weighted by atomic mass is 9.92. The molecule has 12 atom stereocenters. The number of carbonyl (C=O) groups is 1. The standard InChI is InChI=1S/C27H32O17/c28-6-14-17(33)20(36)22(38)26(42-14)40-9-4-12(32)16-13(5-9)41-24(8-1-2-10(30)11(31)3-8)25(19(16)35)44-27-23(39)21(37)18(34)15(7-29)43-27/h1-5,14-15,17-18,20-34,36-39H,6-7H2/t14-,15-,17-,18-,20+,21+,22-,23-,24-,25+,26-,27+/m1/s1. The fourth-order valence-electron chi connectivity index (χ4n) is 5.18. The maximum Gasteiger partial charge on any atom is 0.229 e. The molecule has 44 heavy (non-hydrogen) atoms. The third-order valence-electron chi connectivity index (χ3n) is 7.65. The monoisotopic (exact) mass is 628 g/mol. The molecule has 0 aliphatic carbocycles. The summed E-state index contributed by atoms with van der Waals surface area (Å²) >= 11 is 0. The third-order valence-corrected chi connectivity index (χ3v) is 7.65. The van der Waals surface area contributed by atoms with E-state index in [0.29, 0.717) is 0 Å². The molecule has 0 bridgehead atoms. The lowest BCUT2D eigenvalue weighted by Gasteiger charge is -2.42. The van der Waals surface area contributed by atoms with Gasteiger partial charge in [0.1, 0.15) is 71.6 Å². The summed E-state index contributed by atoms with van der Waals surface area (Å²) in [4.78, 5) is 13.8. The van der Waals surface area contributed by atoms with Gasteiger partial charge in [-0.3, -0.25) is 4.79 Å². The first-order valence-electron chi connectivity index (χ1n) is 13.4. The summed E-state index contributed by atoms with van der Waals surface area (Å²) in [5.41, 5.74) is -0.395. The van der Waals surface area contributed by atoms with E-state index in [1.165, 1.54) is 6.07 Å². The fourth-order valence-corrected chi connectivity index (χ4v) is 5.18. The topological polar surface area (TPSA) is 286 Å². The van der Waals surface area contributed by atoms with E-state index in [1.807, 2.05) is 0 Å². The summed E-state index contributed by atoms with van der Waals surface area (Å²) in [7, 11) is 0. The summed E-state index contributed by atoms with van der Waals surface area (Å²) in [6.07, 6.45) is -20.0. The molecule has 0 saturated carbocycles. The van der Waals surface area contributed by atoms with Crippen LogP contribution in [0.3, 0.4) is 0 Å². The number of aliphatic hydroxyl groups is 8. The van der Waals surface area contributed by atoms with Crippen LogP contribution in [0.5, 0.6) is 28.7 Å². The largest absolute Gasteiger partial charge is 0.507 e. The second kappa shape index (κ2) is 12.6. The van der Waals surface area contributed by atoms with Crippen LogP contribution in [0.15, 0.2) is 30.3 Å². The van der Waals surface area contributed by atoms with Gasteiger partial charge in [-0.1, -0.05) is 6.07 Å². The average molecular weight is 629 g/mol. The number of aromatic hydroxyl groups is 3. The maximum absolute atomic E-state index is 13.8. The number of aliphatic hydroxyl groups excluding tert-OH is 8. The van der Waals surface area contributed by atoms with Crippen molar-refractivity contribution in [2.24, 2.45) is 0 Å². The van der Waals surface area contributed by atoms with Crippen LogP contribution in [0.25, 0.3) is 0 Å². The molecular formula is C27H32O17. The summed E-state index contributed by atoms with van der Waals surface area (Å²) in [6, 6.07) is 5.48. The van der Waals surface area contributed by atoms with E-state index < -0.39 is 115 Å². The number of rotatable bonds is 7. The number of ether oxygens (including phenoxy) is 5. The predicted octanol–water partition coefficient (Wildman–Crippen LogP) is -3.52. The van der Waals surface area contributed by atoms with Crippen LogP contribution in [0.1, 0.15) is 22.0 Å². The second-order valence-corrected chi connectivity index (χ2v) is 10.5. The molecule has 0 unspecified atom stereocenters. The van der Waals surface area contributed by atoms with Crippen molar-refractivity contribution in [2.75, 3.05) is 13.2 Å². The van der Waals surface area contributed by atoms with Crippen LogP contribution in [-0.4, -0.2) is 143 Å². The first-order valence-corrected chi connectivity index (χ1v) is 13.4. The van der Waals surface area contributed by atoms with Crippen LogP contribution in [-0.2, 0) is 14.2 Å². The number of ketones is 1. The normalized spacial score (nSPS) is 37.2. The molecule has 3 aliphatic rings. The Bertz CT molecular complexity index is 1350. The molecule has 2 saturated heterocycles. The number of phenols is 3. The van der Waals surface area contributed by atoms with Gasteiger partial charge in [0.25, 0.3) is 0 Å². The zero-order valence-electron chi connectivity index (χ0n) is 22.6. The zero-order valence-corrected chi connectivity index (χ0v) is 22.6. The van der Waals surface area contributed by atoms with Crippen molar-refractivity contribution < 1.29 is 84.7 Å². The molecule has 2 fully saturated rings. The molecule has 3 heterocycles. The van der Waals surface area contributed by atoms with Gasteiger partial charge in [-0.25, -0.2) is 0 Å². The number of benzene rings is 2. The highest BCUT2D eigenvalue weighted by Gasteiger charge is 2.50. The summed E-state index contributed by atoms with van der Waals surface area (Å²) in [5, 5.41) is 111. The Hall–Kier alpha value is -3.33. The van der Waals surface area contributed by atoms with Crippen molar-refractivity contribution in [2.45, 2.75) is 73.6 Å². The summed E-state index contributed by atoms with van der Waals surface area (Å²) < 4.78 is 27.9. The lowest BCUT2D eigenvalue weighted by Crippen LogP contribution is -2.60. The van der Waals surface area contributed by atoms with Gasteiger partial charge in [0.05, 0.1) is 13.2 Å².